The molecule has 0 aliphatic rings. The number of imidazole rings is 1. The molecule has 0 saturated heterocycles. The molecule has 1 unspecified atom stereocenters. The van der Waals surface area contributed by atoms with Gasteiger partial charge in [-0.15, -0.1) is 0 Å². The quantitative estimate of drug-likeness (QED) is 0.691. The van der Waals surface area contributed by atoms with Gasteiger partial charge in [0, 0.05) is 31.7 Å². The number of carboxylic acids is 1. The summed E-state index contributed by atoms with van der Waals surface area (Å²) in [5, 5.41) is 11.5. The number of hydrogen-bond donors (Lipinski definition) is 3. The lowest BCUT2D eigenvalue weighted by Crippen LogP contribution is -2.35. The lowest BCUT2D eigenvalue weighted by atomic mass is 9.87. The lowest BCUT2D eigenvalue weighted by Gasteiger charge is -2.22. The Morgan fingerprint density at radius 1 is 1.48 bits per heavy atom. The van der Waals surface area contributed by atoms with Crippen molar-refractivity contribution in [3.63, 3.8) is 0 Å². The molecule has 0 aliphatic heterocycles. The number of aromatic carboxylic acids is 1. The average molecular weight is 296 g/mol. The van der Waals surface area contributed by atoms with Gasteiger partial charge in [-0.2, -0.15) is 0 Å². The minimum Gasteiger partial charge on any atom is -0.476 e. The van der Waals surface area contributed by atoms with E-state index in [0.717, 1.165) is 6.42 Å². The molecule has 1 atom stereocenters. The highest BCUT2D eigenvalue weighted by Crippen LogP contribution is 2.20. The molecule has 0 fully saturated rings. The maximum atomic E-state index is 11.7. The Bertz CT molecular complexity index is 491. The van der Waals surface area contributed by atoms with E-state index in [9.17, 15) is 9.59 Å². The minimum atomic E-state index is -1.06. The first kappa shape index (κ1) is 17.2. The van der Waals surface area contributed by atoms with Crippen molar-refractivity contribution in [3.8, 4) is 0 Å². The number of carbonyl (C=O) groups is 2. The van der Waals surface area contributed by atoms with Crippen molar-refractivity contribution in [1.29, 1.82) is 0 Å². The normalized spacial score (nSPS) is 13.0. The van der Waals surface area contributed by atoms with Crippen LogP contribution in [-0.2, 0) is 11.3 Å². The third-order valence-electron chi connectivity index (χ3n) is 2.87. The number of carbonyl (C=O) groups excluding carboxylic acids is 1. The third-order valence-corrected chi connectivity index (χ3v) is 2.87. The van der Waals surface area contributed by atoms with Gasteiger partial charge >= 0.3 is 5.97 Å². The van der Waals surface area contributed by atoms with E-state index in [-0.39, 0.29) is 23.1 Å². The largest absolute Gasteiger partial charge is 0.476 e. The van der Waals surface area contributed by atoms with Crippen molar-refractivity contribution >= 4 is 11.9 Å². The van der Waals surface area contributed by atoms with Crippen molar-refractivity contribution in [2.45, 2.75) is 46.2 Å². The average Bonchev–Trinajstić information content (AvgIpc) is 2.74. The molecule has 0 radical (unpaired) electrons. The summed E-state index contributed by atoms with van der Waals surface area (Å²) in [6.07, 6.45) is 3.94. The van der Waals surface area contributed by atoms with Gasteiger partial charge in [-0.1, -0.05) is 20.8 Å². The standard InChI is InChI=1S/C14H24N4O3/c1-14(2,3)7-10(15)6-12(19)16-4-5-18-8-11(13(20)21)17-9-18/h8-10H,4-7,15H2,1-3H3,(H,16,19)(H,20,21). The first-order valence-corrected chi connectivity index (χ1v) is 6.95. The van der Waals surface area contributed by atoms with Crippen molar-refractivity contribution in [1.82, 2.24) is 14.9 Å². The number of nitrogens with zero attached hydrogens (tertiary/aromatic N) is 2. The van der Waals surface area contributed by atoms with Gasteiger partial charge < -0.3 is 20.7 Å². The second-order valence-corrected chi connectivity index (χ2v) is 6.38. The Morgan fingerprint density at radius 3 is 2.67 bits per heavy atom. The number of carboxylic acid groups (broad SMARTS) is 1. The van der Waals surface area contributed by atoms with E-state index >= 15 is 0 Å². The SMILES string of the molecule is CC(C)(C)CC(N)CC(=O)NCCn1cnc(C(=O)O)c1. The molecule has 118 valence electrons. The van der Waals surface area contributed by atoms with Crippen LogP contribution in [0.3, 0.4) is 0 Å². The Balaban J connectivity index is 2.28. The summed E-state index contributed by atoms with van der Waals surface area (Å²) < 4.78 is 1.62. The zero-order valence-electron chi connectivity index (χ0n) is 12.8. The Hall–Kier alpha value is -1.89. The topological polar surface area (TPSA) is 110 Å². The van der Waals surface area contributed by atoms with Crippen molar-refractivity contribution in [2.75, 3.05) is 6.54 Å². The van der Waals surface area contributed by atoms with Crippen LogP contribution in [-0.4, -0.2) is 39.1 Å². The van der Waals surface area contributed by atoms with Crippen LogP contribution in [0.2, 0.25) is 0 Å². The van der Waals surface area contributed by atoms with Gasteiger partial charge in [-0.3, -0.25) is 4.79 Å². The van der Waals surface area contributed by atoms with Crippen LogP contribution in [0.5, 0.6) is 0 Å². The molecule has 0 aliphatic carbocycles. The summed E-state index contributed by atoms with van der Waals surface area (Å²) in [5.41, 5.74) is 6.03. The number of aromatic nitrogens is 2. The van der Waals surface area contributed by atoms with Crippen LogP contribution in [0.25, 0.3) is 0 Å². The second kappa shape index (κ2) is 7.21. The number of amides is 1. The van der Waals surface area contributed by atoms with Gasteiger partial charge in [0.2, 0.25) is 5.91 Å². The van der Waals surface area contributed by atoms with E-state index in [2.05, 4.69) is 31.1 Å². The van der Waals surface area contributed by atoms with Gasteiger partial charge in [0.05, 0.1) is 6.33 Å². The van der Waals surface area contributed by atoms with E-state index in [1.165, 1.54) is 12.5 Å². The molecule has 1 aromatic heterocycles. The highest BCUT2D eigenvalue weighted by Gasteiger charge is 2.17. The maximum Gasteiger partial charge on any atom is 0.356 e. The maximum absolute atomic E-state index is 11.7. The zero-order valence-corrected chi connectivity index (χ0v) is 12.8. The summed E-state index contributed by atoms with van der Waals surface area (Å²) in [4.78, 5) is 26.1. The molecular formula is C14H24N4O3. The fourth-order valence-corrected chi connectivity index (χ4v) is 2.09. The van der Waals surface area contributed by atoms with Crippen LogP contribution >= 0.6 is 0 Å². The molecule has 7 heteroatoms. The van der Waals surface area contributed by atoms with E-state index < -0.39 is 5.97 Å². The molecule has 21 heavy (non-hydrogen) atoms. The highest BCUT2D eigenvalue weighted by atomic mass is 16.4. The molecule has 4 N–H and O–H groups in total. The fourth-order valence-electron chi connectivity index (χ4n) is 2.09. The van der Waals surface area contributed by atoms with Crippen LogP contribution in [0, 0.1) is 5.41 Å². The minimum absolute atomic E-state index is 0.00599. The number of nitrogens with two attached hydrogens (primary N) is 1. The smallest absolute Gasteiger partial charge is 0.356 e. The summed E-state index contributed by atoms with van der Waals surface area (Å²) in [6, 6.07) is -0.156. The van der Waals surface area contributed by atoms with E-state index in [1.54, 1.807) is 4.57 Å². The highest BCUT2D eigenvalue weighted by molar-refractivity contribution is 5.84. The number of nitrogens with one attached hydrogen (secondary N) is 1. The molecule has 1 heterocycles. The van der Waals surface area contributed by atoms with E-state index in [4.69, 9.17) is 10.8 Å². The van der Waals surface area contributed by atoms with Gasteiger partial charge in [0.25, 0.3) is 0 Å². The molecule has 0 bridgehead atoms. The van der Waals surface area contributed by atoms with Crippen molar-refractivity contribution < 1.29 is 14.7 Å². The van der Waals surface area contributed by atoms with Crippen molar-refractivity contribution in [2.24, 2.45) is 11.1 Å². The van der Waals surface area contributed by atoms with Gasteiger partial charge in [-0.25, -0.2) is 9.78 Å². The Kier molecular flexibility index (Phi) is 5.90. The number of hydrogen-bond acceptors (Lipinski definition) is 4. The predicted molar refractivity (Wildman–Crippen MR) is 78.9 cm³/mol. The first-order chi connectivity index (χ1) is 9.67. The molecule has 0 spiro atoms. The molecule has 1 amide bonds. The summed E-state index contributed by atoms with van der Waals surface area (Å²) in [6.45, 7) is 7.15. The van der Waals surface area contributed by atoms with Crippen LogP contribution < -0.4 is 11.1 Å². The monoisotopic (exact) mass is 296 g/mol. The first-order valence-electron chi connectivity index (χ1n) is 6.95. The van der Waals surface area contributed by atoms with Crippen LogP contribution in [0.4, 0.5) is 0 Å². The summed E-state index contributed by atoms with van der Waals surface area (Å²) in [5.74, 6) is -1.16. The zero-order chi connectivity index (χ0) is 16.0. The lowest BCUT2D eigenvalue weighted by molar-refractivity contribution is -0.121. The number of rotatable bonds is 7. The Morgan fingerprint density at radius 2 is 2.14 bits per heavy atom. The molecular weight excluding hydrogens is 272 g/mol. The van der Waals surface area contributed by atoms with Gasteiger partial charge in [-0.05, 0) is 11.8 Å². The molecule has 1 aromatic rings. The van der Waals surface area contributed by atoms with E-state index in [0.29, 0.717) is 19.5 Å². The van der Waals surface area contributed by atoms with E-state index in [1.807, 2.05) is 0 Å². The third kappa shape index (κ3) is 6.89. The van der Waals surface area contributed by atoms with Gasteiger partial charge in [0.15, 0.2) is 5.69 Å². The van der Waals surface area contributed by atoms with Gasteiger partial charge in [0.1, 0.15) is 0 Å². The molecule has 1 rings (SSSR count). The van der Waals surface area contributed by atoms with Crippen LogP contribution in [0.15, 0.2) is 12.5 Å². The molecule has 0 saturated carbocycles. The van der Waals surface area contributed by atoms with Crippen LogP contribution in [0.1, 0.15) is 44.1 Å². The van der Waals surface area contributed by atoms with Crippen molar-refractivity contribution in [3.05, 3.63) is 18.2 Å². The Labute approximate surface area is 124 Å². The summed E-state index contributed by atoms with van der Waals surface area (Å²) >= 11 is 0. The fraction of sp³-hybridized carbons (Fsp3) is 0.643. The molecule has 0 aromatic carbocycles. The summed E-state index contributed by atoms with van der Waals surface area (Å²) in [7, 11) is 0. The predicted octanol–water partition coefficient (Wildman–Crippen LogP) is 0.851. The second-order valence-electron chi connectivity index (χ2n) is 6.38. The molecule has 7 nitrogen and oxygen atoms in total.